The number of carbonyl (C=O) groups is 1. The lowest BCUT2D eigenvalue weighted by molar-refractivity contribution is -0.274. The molecule has 4 N–H and O–H groups in total. The number of alkyl halides is 3. The Morgan fingerprint density at radius 1 is 1.24 bits per heavy atom. The lowest BCUT2D eigenvalue weighted by atomic mass is 9.97. The second-order valence-electron chi connectivity index (χ2n) is 5.16. The second-order valence-corrected chi connectivity index (χ2v) is 5.16. The minimum atomic E-state index is -4.74. The Kier molecular flexibility index (Phi) is 5.06. The molecule has 0 spiro atoms. The molecule has 2 amide bonds. The first-order valence-electron chi connectivity index (χ1n) is 6.20. The molecule has 8 heteroatoms. The Bertz CT molecular complexity index is 484. The van der Waals surface area contributed by atoms with Crippen LogP contribution in [0.4, 0.5) is 23.7 Å². The highest BCUT2D eigenvalue weighted by molar-refractivity contribution is 5.89. The SMILES string of the molecule is CC(N)C(C)(C)NC(=O)Nc1ccc(OC(F)(F)F)cc1. The zero-order chi connectivity index (χ0) is 16.3. The van der Waals surface area contributed by atoms with E-state index in [2.05, 4.69) is 15.4 Å². The van der Waals surface area contributed by atoms with Crippen LogP contribution in [0.25, 0.3) is 0 Å². The Labute approximate surface area is 120 Å². The first-order chi connectivity index (χ1) is 9.49. The van der Waals surface area contributed by atoms with Gasteiger partial charge in [-0.3, -0.25) is 0 Å². The van der Waals surface area contributed by atoms with Gasteiger partial charge in [0, 0.05) is 11.7 Å². The number of nitrogens with one attached hydrogen (secondary N) is 2. The molecule has 21 heavy (non-hydrogen) atoms. The van der Waals surface area contributed by atoms with Crippen LogP contribution in [0.15, 0.2) is 24.3 Å². The standard InChI is InChI=1S/C13H18F3N3O2/c1-8(17)12(2,3)19-11(20)18-9-4-6-10(7-5-9)21-13(14,15)16/h4-8H,17H2,1-3H3,(H2,18,19,20). The summed E-state index contributed by atoms with van der Waals surface area (Å²) >= 11 is 0. The van der Waals surface area contributed by atoms with Gasteiger partial charge >= 0.3 is 12.4 Å². The molecule has 1 aromatic rings. The Morgan fingerprint density at radius 2 is 1.76 bits per heavy atom. The molecule has 0 aromatic heterocycles. The molecule has 0 heterocycles. The number of hydrogen-bond acceptors (Lipinski definition) is 3. The number of amides is 2. The van der Waals surface area contributed by atoms with Crippen molar-refractivity contribution in [3.05, 3.63) is 24.3 Å². The van der Waals surface area contributed by atoms with Gasteiger partial charge in [-0.1, -0.05) is 0 Å². The summed E-state index contributed by atoms with van der Waals surface area (Å²) in [6.07, 6.45) is -4.74. The lowest BCUT2D eigenvalue weighted by Gasteiger charge is -2.30. The smallest absolute Gasteiger partial charge is 0.406 e. The Balaban J connectivity index is 2.62. The third kappa shape index (κ3) is 5.90. The maximum Gasteiger partial charge on any atom is 0.573 e. The Hall–Kier alpha value is -1.96. The Morgan fingerprint density at radius 3 is 2.19 bits per heavy atom. The molecule has 1 atom stereocenters. The summed E-state index contributed by atoms with van der Waals surface area (Å²) < 4.78 is 39.7. The molecular weight excluding hydrogens is 287 g/mol. The first-order valence-corrected chi connectivity index (χ1v) is 6.20. The highest BCUT2D eigenvalue weighted by Gasteiger charge is 2.31. The van der Waals surface area contributed by atoms with Crippen LogP contribution < -0.4 is 21.1 Å². The van der Waals surface area contributed by atoms with Crippen molar-refractivity contribution in [3.63, 3.8) is 0 Å². The zero-order valence-corrected chi connectivity index (χ0v) is 11.9. The van der Waals surface area contributed by atoms with E-state index in [-0.39, 0.29) is 11.8 Å². The molecule has 0 fully saturated rings. The number of ether oxygens (including phenoxy) is 1. The highest BCUT2D eigenvalue weighted by atomic mass is 19.4. The maximum atomic E-state index is 12.0. The molecule has 118 valence electrons. The van der Waals surface area contributed by atoms with E-state index in [1.807, 2.05) is 0 Å². The van der Waals surface area contributed by atoms with E-state index in [1.54, 1.807) is 20.8 Å². The van der Waals surface area contributed by atoms with E-state index >= 15 is 0 Å². The van der Waals surface area contributed by atoms with Gasteiger partial charge in [-0.05, 0) is 45.0 Å². The van der Waals surface area contributed by atoms with Gasteiger partial charge in [-0.25, -0.2) is 4.79 Å². The summed E-state index contributed by atoms with van der Waals surface area (Å²) in [7, 11) is 0. The van der Waals surface area contributed by atoms with Crippen LogP contribution >= 0.6 is 0 Å². The summed E-state index contributed by atoms with van der Waals surface area (Å²) in [5, 5.41) is 5.17. The van der Waals surface area contributed by atoms with Gasteiger partial charge in [0.2, 0.25) is 0 Å². The monoisotopic (exact) mass is 305 g/mol. The van der Waals surface area contributed by atoms with Crippen molar-refractivity contribution in [2.75, 3.05) is 5.32 Å². The average Bonchev–Trinajstić information content (AvgIpc) is 2.28. The number of rotatable bonds is 4. The van der Waals surface area contributed by atoms with Crippen LogP contribution in [0.5, 0.6) is 5.75 Å². The third-order valence-corrected chi connectivity index (χ3v) is 2.92. The number of benzene rings is 1. The van der Waals surface area contributed by atoms with Crippen molar-refractivity contribution >= 4 is 11.7 Å². The van der Waals surface area contributed by atoms with Crippen molar-refractivity contribution in [2.24, 2.45) is 5.73 Å². The van der Waals surface area contributed by atoms with Crippen LogP contribution in [0.1, 0.15) is 20.8 Å². The van der Waals surface area contributed by atoms with Crippen molar-refractivity contribution in [3.8, 4) is 5.75 Å². The zero-order valence-electron chi connectivity index (χ0n) is 11.9. The van der Waals surface area contributed by atoms with E-state index in [9.17, 15) is 18.0 Å². The number of urea groups is 1. The van der Waals surface area contributed by atoms with Gasteiger partial charge in [-0.2, -0.15) is 0 Å². The fraction of sp³-hybridized carbons (Fsp3) is 0.462. The van der Waals surface area contributed by atoms with E-state index in [0.29, 0.717) is 5.69 Å². The number of halogens is 3. The molecule has 5 nitrogen and oxygen atoms in total. The van der Waals surface area contributed by atoms with Crippen molar-refractivity contribution in [1.82, 2.24) is 5.32 Å². The molecule has 1 rings (SSSR count). The number of nitrogens with two attached hydrogens (primary N) is 1. The van der Waals surface area contributed by atoms with Gasteiger partial charge in [0.25, 0.3) is 0 Å². The van der Waals surface area contributed by atoms with Crippen molar-refractivity contribution < 1.29 is 22.7 Å². The van der Waals surface area contributed by atoms with E-state index in [0.717, 1.165) is 12.1 Å². The van der Waals surface area contributed by atoms with Gasteiger partial charge in [-0.15, -0.1) is 13.2 Å². The van der Waals surface area contributed by atoms with Crippen molar-refractivity contribution in [2.45, 2.75) is 38.7 Å². The van der Waals surface area contributed by atoms with E-state index < -0.39 is 17.9 Å². The van der Waals surface area contributed by atoms with Crippen LogP contribution in [0.3, 0.4) is 0 Å². The minimum Gasteiger partial charge on any atom is -0.406 e. The van der Waals surface area contributed by atoms with Gasteiger partial charge in [0.1, 0.15) is 5.75 Å². The van der Waals surface area contributed by atoms with E-state index in [1.165, 1.54) is 12.1 Å². The lowest BCUT2D eigenvalue weighted by Crippen LogP contribution is -2.55. The largest absolute Gasteiger partial charge is 0.573 e. The summed E-state index contributed by atoms with van der Waals surface area (Å²) in [5.41, 5.74) is 5.44. The summed E-state index contributed by atoms with van der Waals surface area (Å²) in [6.45, 7) is 5.28. The normalized spacial score (nSPS) is 13.5. The second kappa shape index (κ2) is 6.21. The topological polar surface area (TPSA) is 76.4 Å². The third-order valence-electron chi connectivity index (χ3n) is 2.92. The molecule has 0 aliphatic carbocycles. The number of hydrogen-bond donors (Lipinski definition) is 3. The fourth-order valence-electron chi connectivity index (χ4n) is 1.31. The molecular formula is C13H18F3N3O2. The predicted octanol–water partition coefficient (Wildman–Crippen LogP) is 2.83. The van der Waals surface area contributed by atoms with Crippen LogP contribution in [0, 0.1) is 0 Å². The van der Waals surface area contributed by atoms with Crippen molar-refractivity contribution in [1.29, 1.82) is 0 Å². The van der Waals surface area contributed by atoms with Gasteiger partial charge in [0.05, 0.1) is 5.54 Å². The summed E-state index contributed by atoms with van der Waals surface area (Å²) in [6, 6.07) is 4.06. The molecule has 1 aromatic carbocycles. The average molecular weight is 305 g/mol. The number of anilines is 1. The maximum absolute atomic E-state index is 12.0. The molecule has 0 bridgehead atoms. The molecule has 1 unspecified atom stereocenters. The first kappa shape index (κ1) is 17.1. The molecule has 0 saturated heterocycles. The van der Waals surface area contributed by atoms with E-state index in [4.69, 9.17) is 5.73 Å². The fourth-order valence-corrected chi connectivity index (χ4v) is 1.31. The van der Waals surface area contributed by atoms with Crippen LogP contribution in [-0.4, -0.2) is 24.0 Å². The molecule has 0 aliphatic rings. The summed E-state index contributed by atoms with van der Waals surface area (Å²) in [5.74, 6) is -0.357. The van der Waals surface area contributed by atoms with Crippen LogP contribution in [0.2, 0.25) is 0 Å². The minimum absolute atomic E-state index is 0.272. The van der Waals surface area contributed by atoms with Gasteiger partial charge in [0.15, 0.2) is 0 Å². The summed E-state index contributed by atoms with van der Waals surface area (Å²) in [4.78, 5) is 11.8. The van der Waals surface area contributed by atoms with Crippen LogP contribution in [-0.2, 0) is 0 Å². The number of carbonyl (C=O) groups excluding carboxylic acids is 1. The van der Waals surface area contributed by atoms with Gasteiger partial charge < -0.3 is 21.1 Å². The molecule has 0 radical (unpaired) electrons. The highest BCUT2D eigenvalue weighted by Crippen LogP contribution is 2.23. The quantitative estimate of drug-likeness (QED) is 0.800. The molecule has 0 saturated carbocycles. The predicted molar refractivity (Wildman–Crippen MR) is 73.0 cm³/mol. The molecule has 0 aliphatic heterocycles.